The van der Waals surface area contributed by atoms with E-state index < -0.39 is 6.48 Å². The second-order valence-electron chi connectivity index (χ2n) is 10.1. The lowest BCUT2D eigenvalue weighted by Gasteiger charge is -2.15. The highest BCUT2D eigenvalue weighted by Gasteiger charge is 2.06. The Hall–Kier alpha value is -4.30. The van der Waals surface area contributed by atoms with Crippen molar-refractivity contribution < 1.29 is 23.7 Å². The van der Waals surface area contributed by atoms with Gasteiger partial charge in [-0.2, -0.15) is 0 Å². The zero-order chi connectivity index (χ0) is 32.3. The number of nitrogens with two attached hydrogens (primary N) is 1. The van der Waals surface area contributed by atoms with Crippen molar-refractivity contribution in [2.24, 2.45) is 0 Å². The third kappa shape index (κ3) is 12.0. The number of hydrogen-bond donors (Lipinski definition) is 2. The number of nitrogens with one attached hydrogen (secondary N) is 1. The van der Waals surface area contributed by atoms with Gasteiger partial charge in [-0.25, -0.2) is 0 Å². The molecule has 0 aliphatic carbocycles. The van der Waals surface area contributed by atoms with Crippen LogP contribution in [0.15, 0.2) is 103 Å². The van der Waals surface area contributed by atoms with Crippen molar-refractivity contribution in [3.8, 4) is 11.5 Å². The summed E-state index contributed by atoms with van der Waals surface area (Å²) in [6.45, 7) is 7.10. The van der Waals surface area contributed by atoms with E-state index >= 15 is 0 Å². The molecule has 0 spiro atoms. The fourth-order valence-electron chi connectivity index (χ4n) is 4.65. The Labute approximate surface area is 268 Å². The lowest BCUT2D eigenvalue weighted by atomic mass is 10.0. The molecule has 7 nitrogen and oxygen atoms in total. The summed E-state index contributed by atoms with van der Waals surface area (Å²) in [5.41, 5.74) is 13.0. The van der Waals surface area contributed by atoms with Crippen LogP contribution in [0.5, 0.6) is 11.5 Å². The van der Waals surface area contributed by atoms with E-state index in [9.17, 15) is 0 Å². The van der Waals surface area contributed by atoms with E-state index in [4.69, 9.17) is 29.4 Å². The lowest BCUT2D eigenvalue weighted by molar-refractivity contribution is -0.282. The van der Waals surface area contributed by atoms with Crippen molar-refractivity contribution in [3.05, 3.63) is 126 Å². The number of hydrogen-bond acceptors (Lipinski definition) is 6. The van der Waals surface area contributed by atoms with Crippen LogP contribution in [0.3, 0.4) is 0 Å². The molecule has 5 aromatic rings. The van der Waals surface area contributed by atoms with Gasteiger partial charge >= 0.3 is 0 Å². The molecule has 4 aromatic carbocycles. The normalized spacial score (nSPS) is 10.5. The smallest absolute Gasteiger partial charge is 0.271 e. The Morgan fingerprint density at radius 1 is 0.622 bits per heavy atom. The number of rotatable bonds is 13. The molecule has 45 heavy (non-hydrogen) atoms. The van der Waals surface area contributed by atoms with Crippen molar-refractivity contribution in [2.45, 2.75) is 46.5 Å². The molecule has 0 atom stereocenters. The molecular formula is C38H48N2O5. The minimum Gasteiger partial charge on any atom is -0.497 e. The van der Waals surface area contributed by atoms with E-state index in [-0.39, 0.29) is 0 Å². The van der Waals surface area contributed by atoms with Crippen LogP contribution in [0.4, 0.5) is 5.69 Å². The molecule has 0 aliphatic heterocycles. The number of methoxy groups -OCH3 is 2. The molecule has 5 rings (SSSR count). The van der Waals surface area contributed by atoms with Crippen LogP contribution < -0.4 is 15.2 Å². The molecule has 7 heteroatoms. The second-order valence-corrected chi connectivity index (χ2v) is 10.1. The van der Waals surface area contributed by atoms with Crippen molar-refractivity contribution in [1.82, 2.24) is 4.98 Å². The van der Waals surface area contributed by atoms with E-state index in [1.54, 1.807) is 14.2 Å². The Kier molecular flexibility index (Phi) is 15.5. The van der Waals surface area contributed by atoms with Gasteiger partial charge < -0.3 is 34.4 Å². The molecule has 0 aliphatic rings. The standard InChI is InChI=1S/C16H15NO.C15H17NO.C7H16O3/c1-18-14-7-8-16-15(10-14)13(11-17-16)9-12-5-3-2-4-6-12;1-17-14-9-10-15(16)13(11-14)8-7-12-5-3-2-4-6-12;1-4-8-7(9-5-2)10-6-3/h2-8,10-11,17H,9H2,1H3;2-6,9-11H,7-8,16H2,1H3;7H,4-6H2,1-3H3. The van der Waals surface area contributed by atoms with E-state index in [1.807, 2.05) is 57.2 Å². The Morgan fingerprint density at radius 2 is 1.18 bits per heavy atom. The molecule has 1 heterocycles. The summed E-state index contributed by atoms with van der Waals surface area (Å²) >= 11 is 0. The Bertz CT molecular complexity index is 1490. The maximum Gasteiger partial charge on any atom is 0.271 e. The zero-order valence-corrected chi connectivity index (χ0v) is 27.3. The minimum absolute atomic E-state index is 0.472. The Balaban J connectivity index is 0.000000193. The minimum atomic E-state index is -0.472. The molecule has 1 aromatic heterocycles. The number of aryl methyl sites for hydroxylation is 2. The van der Waals surface area contributed by atoms with Gasteiger partial charge in [-0.15, -0.1) is 0 Å². The number of nitrogen functional groups attached to an aromatic ring is 1. The molecule has 0 saturated carbocycles. The van der Waals surface area contributed by atoms with Crippen LogP contribution >= 0.6 is 0 Å². The largest absolute Gasteiger partial charge is 0.497 e. The summed E-state index contributed by atoms with van der Waals surface area (Å²) in [5.74, 6) is 1.76. The summed E-state index contributed by atoms with van der Waals surface area (Å²) in [6.07, 6.45) is 4.95. The van der Waals surface area contributed by atoms with Gasteiger partial charge in [-0.1, -0.05) is 60.7 Å². The van der Waals surface area contributed by atoms with Crippen molar-refractivity contribution >= 4 is 16.6 Å². The lowest BCUT2D eigenvalue weighted by Crippen LogP contribution is -2.20. The average molecular weight is 613 g/mol. The molecule has 0 amide bonds. The van der Waals surface area contributed by atoms with Crippen LogP contribution in [0.1, 0.15) is 43.0 Å². The molecule has 0 saturated heterocycles. The van der Waals surface area contributed by atoms with E-state index in [2.05, 4.69) is 71.8 Å². The number of benzene rings is 4. The molecular weight excluding hydrogens is 564 g/mol. The number of aromatic nitrogens is 1. The monoisotopic (exact) mass is 612 g/mol. The summed E-state index contributed by atoms with van der Waals surface area (Å²) in [6, 6.07) is 32.8. The van der Waals surface area contributed by atoms with Crippen LogP contribution in [-0.4, -0.2) is 45.5 Å². The number of H-pyrrole nitrogens is 1. The fourth-order valence-corrected chi connectivity index (χ4v) is 4.65. The van der Waals surface area contributed by atoms with Crippen LogP contribution in [0.25, 0.3) is 10.9 Å². The van der Waals surface area contributed by atoms with Crippen LogP contribution in [-0.2, 0) is 33.5 Å². The van der Waals surface area contributed by atoms with Gasteiger partial charge in [0.2, 0.25) is 0 Å². The van der Waals surface area contributed by atoms with Gasteiger partial charge in [0.25, 0.3) is 6.48 Å². The van der Waals surface area contributed by atoms with Crippen LogP contribution in [0.2, 0.25) is 0 Å². The number of ether oxygens (including phenoxy) is 5. The van der Waals surface area contributed by atoms with Gasteiger partial charge in [0.15, 0.2) is 0 Å². The zero-order valence-electron chi connectivity index (χ0n) is 27.3. The number of fused-ring (bicyclic) bond motifs is 1. The first-order chi connectivity index (χ1) is 22.0. The van der Waals surface area contributed by atoms with Gasteiger partial charge in [0.1, 0.15) is 11.5 Å². The second kappa shape index (κ2) is 19.9. The molecule has 0 bridgehead atoms. The molecule has 0 fully saturated rings. The van der Waals surface area contributed by atoms with Gasteiger partial charge in [0, 0.05) is 42.6 Å². The predicted molar refractivity (Wildman–Crippen MR) is 184 cm³/mol. The summed E-state index contributed by atoms with van der Waals surface area (Å²) in [5, 5.41) is 1.23. The van der Waals surface area contributed by atoms with Gasteiger partial charge in [-0.05, 0) is 98.7 Å². The third-order valence-electron chi connectivity index (χ3n) is 7.00. The third-order valence-corrected chi connectivity index (χ3v) is 7.00. The fraction of sp³-hybridized carbons (Fsp3) is 0.316. The highest BCUT2D eigenvalue weighted by molar-refractivity contribution is 5.85. The van der Waals surface area contributed by atoms with Gasteiger partial charge in [-0.3, -0.25) is 0 Å². The van der Waals surface area contributed by atoms with Crippen LogP contribution in [0, 0.1) is 0 Å². The van der Waals surface area contributed by atoms with E-state index in [1.165, 1.54) is 22.1 Å². The number of aromatic amines is 1. The van der Waals surface area contributed by atoms with Gasteiger partial charge in [0.05, 0.1) is 14.2 Å². The average Bonchev–Trinajstić information content (AvgIpc) is 3.48. The highest BCUT2D eigenvalue weighted by Crippen LogP contribution is 2.25. The predicted octanol–water partition coefficient (Wildman–Crippen LogP) is 8.21. The highest BCUT2D eigenvalue weighted by atomic mass is 16.8. The number of anilines is 1. The maximum absolute atomic E-state index is 5.95. The molecule has 3 N–H and O–H groups in total. The summed E-state index contributed by atoms with van der Waals surface area (Å²) in [7, 11) is 3.37. The first-order valence-corrected chi connectivity index (χ1v) is 15.5. The molecule has 0 unspecified atom stereocenters. The van der Waals surface area contributed by atoms with Crippen molar-refractivity contribution in [3.63, 3.8) is 0 Å². The summed E-state index contributed by atoms with van der Waals surface area (Å²) < 4.78 is 25.7. The van der Waals surface area contributed by atoms with Crippen molar-refractivity contribution in [1.29, 1.82) is 0 Å². The molecule has 240 valence electrons. The van der Waals surface area contributed by atoms with E-state index in [0.717, 1.165) is 47.5 Å². The first-order valence-electron chi connectivity index (χ1n) is 15.5. The summed E-state index contributed by atoms with van der Waals surface area (Å²) in [4.78, 5) is 3.30. The maximum atomic E-state index is 5.95. The SMILES string of the molecule is CCOC(OCC)OCC.COc1ccc(N)c(CCc2ccccc2)c1.COc1ccc2[nH]cc(Cc3ccccc3)c2c1. The Morgan fingerprint density at radius 3 is 1.76 bits per heavy atom. The topological polar surface area (TPSA) is 88.0 Å². The van der Waals surface area contributed by atoms with Crippen molar-refractivity contribution in [2.75, 3.05) is 39.8 Å². The molecule has 0 radical (unpaired) electrons. The quantitative estimate of drug-likeness (QED) is 0.103. The van der Waals surface area contributed by atoms with E-state index in [0.29, 0.717) is 19.8 Å². The first kappa shape index (κ1) is 35.2.